The molecule has 2 heterocycles. The molecule has 1 aromatic carbocycles. The average molecular weight is 325 g/mol. The molecule has 122 valence electrons. The molecule has 3 aromatic rings. The van der Waals surface area contributed by atoms with Gasteiger partial charge in [0.1, 0.15) is 23.6 Å². The second kappa shape index (κ2) is 6.04. The van der Waals surface area contributed by atoms with Gasteiger partial charge >= 0.3 is 5.97 Å². The summed E-state index contributed by atoms with van der Waals surface area (Å²) >= 11 is 0. The molecule has 2 aromatic heterocycles. The third kappa shape index (κ3) is 2.56. The van der Waals surface area contributed by atoms with Crippen LogP contribution in [0, 0.1) is 0 Å². The average Bonchev–Trinajstić information content (AvgIpc) is 2.59. The van der Waals surface area contributed by atoms with Crippen molar-refractivity contribution in [2.45, 2.75) is 6.54 Å². The zero-order chi connectivity index (χ0) is 17.3. The van der Waals surface area contributed by atoms with Crippen molar-refractivity contribution < 1.29 is 14.6 Å². The standard InChI is InChI=1S/C17H15N3O4/c1-24-11-5-2-4-10(8-11)14-12-6-3-7-19-16(12)20(9-13(21)22)17(23)15(14)18/h2-8H,9,18H2,1H3,(H,21,22). The molecule has 0 unspecified atom stereocenters. The molecule has 3 rings (SSSR count). The number of carboxylic acids is 1. The summed E-state index contributed by atoms with van der Waals surface area (Å²) in [4.78, 5) is 27.8. The highest BCUT2D eigenvalue weighted by Gasteiger charge is 2.18. The van der Waals surface area contributed by atoms with E-state index in [4.69, 9.17) is 15.6 Å². The Morgan fingerprint density at radius 1 is 1.33 bits per heavy atom. The Labute approximate surface area is 136 Å². The molecule has 0 aliphatic rings. The van der Waals surface area contributed by atoms with Gasteiger partial charge in [0.15, 0.2) is 0 Å². The van der Waals surface area contributed by atoms with E-state index in [-0.39, 0.29) is 11.3 Å². The van der Waals surface area contributed by atoms with Crippen molar-refractivity contribution in [2.24, 2.45) is 0 Å². The van der Waals surface area contributed by atoms with Crippen LogP contribution in [0.25, 0.3) is 22.2 Å². The molecule has 0 saturated heterocycles. The molecule has 0 amide bonds. The van der Waals surface area contributed by atoms with Crippen LogP contribution in [0.2, 0.25) is 0 Å². The van der Waals surface area contributed by atoms with Crippen LogP contribution in [0.4, 0.5) is 5.69 Å². The van der Waals surface area contributed by atoms with Gasteiger partial charge in [-0.2, -0.15) is 0 Å². The first-order valence-electron chi connectivity index (χ1n) is 7.16. The van der Waals surface area contributed by atoms with Gasteiger partial charge in [0.25, 0.3) is 5.56 Å². The largest absolute Gasteiger partial charge is 0.497 e. The Morgan fingerprint density at radius 3 is 2.83 bits per heavy atom. The van der Waals surface area contributed by atoms with Crippen LogP contribution in [-0.2, 0) is 11.3 Å². The maximum absolute atomic E-state index is 12.6. The van der Waals surface area contributed by atoms with Crippen LogP contribution in [0.1, 0.15) is 0 Å². The number of nitrogens with zero attached hydrogens (tertiary/aromatic N) is 2. The maximum atomic E-state index is 12.6. The third-order valence-electron chi connectivity index (χ3n) is 3.71. The number of nitrogens with two attached hydrogens (primary N) is 1. The summed E-state index contributed by atoms with van der Waals surface area (Å²) in [5.74, 6) is -0.517. The van der Waals surface area contributed by atoms with Gasteiger partial charge in [0.05, 0.1) is 7.11 Å². The second-order valence-corrected chi connectivity index (χ2v) is 5.18. The number of carbonyl (C=O) groups is 1. The Morgan fingerprint density at radius 2 is 2.12 bits per heavy atom. The molecule has 0 fully saturated rings. The lowest BCUT2D eigenvalue weighted by Crippen LogP contribution is -2.28. The second-order valence-electron chi connectivity index (χ2n) is 5.18. The highest BCUT2D eigenvalue weighted by Crippen LogP contribution is 2.32. The van der Waals surface area contributed by atoms with E-state index < -0.39 is 18.1 Å². The fraction of sp³-hybridized carbons (Fsp3) is 0.118. The third-order valence-corrected chi connectivity index (χ3v) is 3.71. The number of benzene rings is 1. The molecule has 0 aliphatic heterocycles. The monoisotopic (exact) mass is 325 g/mol. The van der Waals surface area contributed by atoms with E-state index in [0.717, 1.165) is 4.57 Å². The quantitative estimate of drug-likeness (QED) is 0.756. The van der Waals surface area contributed by atoms with Crippen molar-refractivity contribution in [2.75, 3.05) is 12.8 Å². The van der Waals surface area contributed by atoms with E-state index in [2.05, 4.69) is 4.98 Å². The van der Waals surface area contributed by atoms with E-state index >= 15 is 0 Å². The summed E-state index contributed by atoms with van der Waals surface area (Å²) in [5.41, 5.74) is 6.94. The van der Waals surface area contributed by atoms with Gasteiger partial charge in [-0.05, 0) is 29.8 Å². The molecule has 0 radical (unpaired) electrons. The Kier molecular flexibility index (Phi) is 3.91. The van der Waals surface area contributed by atoms with Crippen LogP contribution < -0.4 is 16.0 Å². The molecule has 7 nitrogen and oxygen atoms in total. The molecular formula is C17H15N3O4. The molecule has 0 saturated carbocycles. The Bertz CT molecular complexity index is 995. The van der Waals surface area contributed by atoms with E-state index in [1.807, 2.05) is 6.07 Å². The summed E-state index contributed by atoms with van der Waals surface area (Å²) in [5, 5.41) is 9.65. The van der Waals surface area contributed by atoms with Crippen molar-refractivity contribution in [1.82, 2.24) is 9.55 Å². The number of carboxylic acid groups (broad SMARTS) is 1. The van der Waals surface area contributed by atoms with Crippen molar-refractivity contribution in [1.29, 1.82) is 0 Å². The highest BCUT2D eigenvalue weighted by atomic mass is 16.5. The Balaban J connectivity index is 2.39. The van der Waals surface area contributed by atoms with E-state index in [1.54, 1.807) is 37.4 Å². The predicted octanol–water partition coefficient (Wildman–Crippen LogP) is 1.74. The number of methoxy groups -OCH3 is 1. The summed E-state index contributed by atoms with van der Waals surface area (Å²) in [7, 11) is 1.55. The number of hydrogen-bond acceptors (Lipinski definition) is 5. The fourth-order valence-corrected chi connectivity index (χ4v) is 2.67. The van der Waals surface area contributed by atoms with Crippen LogP contribution in [0.3, 0.4) is 0 Å². The first kappa shape index (κ1) is 15.5. The molecule has 3 N–H and O–H groups in total. The number of ether oxygens (including phenoxy) is 1. The first-order chi connectivity index (χ1) is 11.5. The van der Waals surface area contributed by atoms with Gasteiger partial charge in [-0.3, -0.25) is 14.2 Å². The summed E-state index contributed by atoms with van der Waals surface area (Å²) in [6, 6.07) is 10.6. The SMILES string of the molecule is COc1cccc(-c2c(N)c(=O)n(CC(=O)O)c3ncccc23)c1. The number of nitrogen functional groups attached to an aromatic ring is 1. The summed E-state index contributed by atoms with van der Waals surface area (Å²) in [6.07, 6.45) is 1.51. The van der Waals surface area contributed by atoms with Gasteiger partial charge in [-0.1, -0.05) is 12.1 Å². The number of hydrogen-bond donors (Lipinski definition) is 2. The first-order valence-corrected chi connectivity index (χ1v) is 7.16. The van der Waals surface area contributed by atoms with Crippen molar-refractivity contribution >= 4 is 22.7 Å². The lowest BCUT2D eigenvalue weighted by molar-refractivity contribution is -0.137. The van der Waals surface area contributed by atoms with Crippen LogP contribution in [0.5, 0.6) is 5.75 Å². The number of pyridine rings is 2. The number of fused-ring (bicyclic) bond motifs is 1. The molecule has 0 aliphatic carbocycles. The Hall–Kier alpha value is -3.35. The molecule has 24 heavy (non-hydrogen) atoms. The van der Waals surface area contributed by atoms with Gasteiger partial charge in [0.2, 0.25) is 0 Å². The normalized spacial score (nSPS) is 10.7. The smallest absolute Gasteiger partial charge is 0.323 e. The topological polar surface area (TPSA) is 107 Å². The molecule has 0 atom stereocenters. The number of aliphatic carboxylic acids is 1. The van der Waals surface area contributed by atoms with Gasteiger partial charge in [-0.25, -0.2) is 4.98 Å². The number of anilines is 1. The minimum Gasteiger partial charge on any atom is -0.497 e. The zero-order valence-electron chi connectivity index (χ0n) is 12.9. The molecule has 0 bridgehead atoms. The molecule has 0 spiro atoms. The van der Waals surface area contributed by atoms with Crippen LogP contribution in [0.15, 0.2) is 47.4 Å². The molecule has 7 heteroatoms. The maximum Gasteiger partial charge on any atom is 0.323 e. The zero-order valence-corrected chi connectivity index (χ0v) is 12.9. The highest BCUT2D eigenvalue weighted by molar-refractivity contribution is 5.99. The molecular weight excluding hydrogens is 310 g/mol. The number of rotatable bonds is 4. The summed E-state index contributed by atoms with van der Waals surface area (Å²) < 4.78 is 6.28. The van der Waals surface area contributed by atoms with Gasteiger partial charge in [-0.15, -0.1) is 0 Å². The summed E-state index contributed by atoms with van der Waals surface area (Å²) in [6.45, 7) is -0.505. The fourth-order valence-electron chi connectivity index (χ4n) is 2.67. The predicted molar refractivity (Wildman–Crippen MR) is 90.0 cm³/mol. The van der Waals surface area contributed by atoms with Crippen molar-refractivity contribution in [3.8, 4) is 16.9 Å². The van der Waals surface area contributed by atoms with E-state index in [1.165, 1.54) is 6.20 Å². The van der Waals surface area contributed by atoms with Crippen LogP contribution in [-0.4, -0.2) is 27.7 Å². The van der Waals surface area contributed by atoms with Crippen molar-refractivity contribution in [3.63, 3.8) is 0 Å². The van der Waals surface area contributed by atoms with Gasteiger partial charge < -0.3 is 15.6 Å². The van der Waals surface area contributed by atoms with Crippen LogP contribution >= 0.6 is 0 Å². The minimum atomic E-state index is -1.14. The van der Waals surface area contributed by atoms with Crippen molar-refractivity contribution in [3.05, 3.63) is 52.9 Å². The minimum absolute atomic E-state index is 0.0231. The number of aromatic nitrogens is 2. The van der Waals surface area contributed by atoms with E-state index in [9.17, 15) is 9.59 Å². The lowest BCUT2D eigenvalue weighted by atomic mass is 10.0. The van der Waals surface area contributed by atoms with Gasteiger partial charge in [0, 0.05) is 17.1 Å². The lowest BCUT2D eigenvalue weighted by Gasteiger charge is -2.14. The van der Waals surface area contributed by atoms with E-state index in [0.29, 0.717) is 22.3 Å².